The van der Waals surface area contributed by atoms with Gasteiger partial charge < -0.3 is 10.2 Å². The van der Waals surface area contributed by atoms with Gasteiger partial charge in [0, 0.05) is 0 Å². The van der Waals surface area contributed by atoms with Crippen LogP contribution >= 0.6 is 0 Å². The van der Waals surface area contributed by atoms with Crippen LogP contribution in [0.15, 0.2) is 0 Å². The zero-order valence-electron chi connectivity index (χ0n) is 21.3. The van der Waals surface area contributed by atoms with Gasteiger partial charge in [0.05, 0.1) is 12.3 Å². The molecule has 1 atom stereocenters. The minimum Gasteiger partial charge on any atom is -0.481 e. The first-order valence-corrected chi connectivity index (χ1v) is 14.0. The van der Waals surface area contributed by atoms with E-state index in [1.165, 1.54) is 122 Å². The number of hydrogen-bond donors (Lipinski definition) is 2. The highest BCUT2D eigenvalue weighted by Crippen LogP contribution is 2.17. The normalized spacial score (nSPS) is 12.2. The van der Waals surface area contributed by atoms with Gasteiger partial charge in [0.15, 0.2) is 0 Å². The van der Waals surface area contributed by atoms with Crippen molar-refractivity contribution in [3.63, 3.8) is 0 Å². The number of carbonyl (C=O) groups is 2. The molecule has 0 rings (SSSR count). The van der Waals surface area contributed by atoms with Crippen molar-refractivity contribution in [2.24, 2.45) is 5.92 Å². The highest BCUT2D eigenvalue weighted by molar-refractivity contribution is 5.77. The van der Waals surface area contributed by atoms with E-state index in [-0.39, 0.29) is 6.42 Å². The van der Waals surface area contributed by atoms with Crippen LogP contribution in [-0.2, 0) is 9.59 Å². The lowest BCUT2D eigenvalue weighted by molar-refractivity contribution is -0.148. The molecule has 0 radical (unpaired) electrons. The Hall–Kier alpha value is -1.06. The van der Waals surface area contributed by atoms with Crippen molar-refractivity contribution in [1.82, 2.24) is 0 Å². The van der Waals surface area contributed by atoms with Crippen LogP contribution in [-0.4, -0.2) is 22.2 Å². The summed E-state index contributed by atoms with van der Waals surface area (Å²) in [4.78, 5) is 21.7. The Labute approximate surface area is 199 Å². The van der Waals surface area contributed by atoms with E-state index in [4.69, 9.17) is 10.2 Å². The van der Waals surface area contributed by atoms with Crippen LogP contribution in [0.3, 0.4) is 0 Å². The second kappa shape index (κ2) is 24.6. The number of aliphatic carboxylic acids is 2. The largest absolute Gasteiger partial charge is 0.481 e. The molecule has 0 saturated carbocycles. The predicted molar refractivity (Wildman–Crippen MR) is 135 cm³/mol. The van der Waals surface area contributed by atoms with Crippen LogP contribution in [0.5, 0.6) is 0 Å². The SMILES string of the molecule is CCCCCCCCCCCCCCCCCCCCCCCCC(CC(=O)O)C(=O)O. The number of carboxylic acids is 2. The monoisotopic (exact) mass is 454 g/mol. The van der Waals surface area contributed by atoms with Crippen LogP contribution in [0.1, 0.15) is 161 Å². The molecule has 1 unspecified atom stereocenters. The molecule has 2 N–H and O–H groups in total. The summed E-state index contributed by atoms with van der Waals surface area (Å²) < 4.78 is 0. The fraction of sp³-hybridized carbons (Fsp3) is 0.929. The van der Waals surface area contributed by atoms with Gasteiger partial charge in [-0.05, 0) is 6.42 Å². The molecule has 0 aromatic heterocycles. The van der Waals surface area contributed by atoms with Gasteiger partial charge in [-0.25, -0.2) is 0 Å². The Morgan fingerprint density at radius 2 is 0.781 bits per heavy atom. The summed E-state index contributed by atoms with van der Waals surface area (Å²) >= 11 is 0. The molecule has 0 saturated heterocycles. The third-order valence-electron chi connectivity index (χ3n) is 6.68. The van der Waals surface area contributed by atoms with Crippen molar-refractivity contribution in [3.05, 3.63) is 0 Å². The molecule has 0 spiro atoms. The standard InChI is InChI=1S/C28H54O4/c1-2-3-4-5-6-7-8-9-10-11-12-13-14-15-16-17-18-19-20-21-22-23-24-26(28(31)32)25-27(29)30/h26H,2-25H2,1H3,(H,29,30)(H,31,32). The van der Waals surface area contributed by atoms with Crippen molar-refractivity contribution in [2.75, 3.05) is 0 Å². The van der Waals surface area contributed by atoms with Gasteiger partial charge in [0.25, 0.3) is 0 Å². The van der Waals surface area contributed by atoms with Crippen molar-refractivity contribution in [3.8, 4) is 0 Å². The van der Waals surface area contributed by atoms with E-state index in [0.717, 1.165) is 19.3 Å². The summed E-state index contributed by atoms with van der Waals surface area (Å²) in [5, 5.41) is 17.8. The van der Waals surface area contributed by atoms with Crippen molar-refractivity contribution in [2.45, 2.75) is 161 Å². The Bertz CT molecular complexity index is 422. The molecule has 0 aliphatic carbocycles. The van der Waals surface area contributed by atoms with Crippen molar-refractivity contribution in [1.29, 1.82) is 0 Å². The fourth-order valence-electron chi connectivity index (χ4n) is 4.52. The summed E-state index contributed by atoms with van der Waals surface area (Å²) in [5.41, 5.74) is 0. The third-order valence-corrected chi connectivity index (χ3v) is 6.68. The molecule has 0 aromatic rings. The average Bonchev–Trinajstić information content (AvgIpc) is 2.76. The van der Waals surface area contributed by atoms with Crippen LogP contribution in [0.4, 0.5) is 0 Å². The zero-order valence-corrected chi connectivity index (χ0v) is 21.3. The average molecular weight is 455 g/mol. The summed E-state index contributed by atoms with van der Waals surface area (Å²) in [6.45, 7) is 2.28. The third kappa shape index (κ3) is 23.6. The van der Waals surface area contributed by atoms with Gasteiger partial charge in [0.1, 0.15) is 0 Å². The predicted octanol–water partition coefficient (Wildman–Crippen LogP) is 9.15. The van der Waals surface area contributed by atoms with Gasteiger partial charge in [-0.15, -0.1) is 0 Å². The second-order valence-electron chi connectivity index (χ2n) is 9.85. The summed E-state index contributed by atoms with van der Waals surface area (Å²) in [6.07, 6.45) is 29.6. The summed E-state index contributed by atoms with van der Waals surface area (Å²) in [7, 11) is 0. The first kappa shape index (κ1) is 30.9. The first-order valence-electron chi connectivity index (χ1n) is 14.0. The van der Waals surface area contributed by atoms with Crippen LogP contribution in [0, 0.1) is 5.92 Å². The molecule has 0 bridgehead atoms. The van der Waals surface area contributed by atoms with E-state index in [9.17, 15) is 9.59 Å². The second-order valence-corrected chi connectivity index (χ2v) is 9.85. The van der Waals surface area contributed by atoms with Crippen LogP contribution in [0.25, 0.3) is 0 Å². The quantitative estimate of drug-likeness (QED) is 0.128. The van der Waals surface area contributed by atoms with E-state index < -0.39 is 17.9 Å². The number of hydrogen-bond acceptors (Lipinski definition) is 2. The molecule has 0 aliphatic rings. The van der Waals surface area contributed by atoms with Crippen LogP contribution in [0.2, 0.25) is 0 Å². The molecule has 0 aliphatic heterocycles. The molecule has 0 amide bonds. The van der Waals surface area contributed by atoms with Gasteiger partial charge in [-0.1, -0.05) is 148 Å². The van der Waals surface area contributed by atoms with E-state index in [1.807, 2.05) is 0 Å². The van der Waals surface area contributed by atoms with E-state index in [0.29, 0.717) is 6.42 Å². The maximum Gasteiger partial charge on any atom is 0.307 e. The smallest absolute Gasteiger partial charge is 0.307 e. The van der Waals surface area contributed by atoms with E-state index in [1.54, 1.807) is 0 Å². The molecule has 0 heterocycles. The Balaban J connectivity index is 3.19. The first-order chi connectivity index (χ1) is 15.6. The molecular formula is C28H54O4. The fourth-order valence-corrected chi connectivity index (χ4v) is 4.52. The summed E-state index contributed by atoms with van der Waals surface area (Å²) in [6, 6.07) is 0. The molecule has 0 aromatic carbocycles. The minimum atomic E-state index is -1.02. The number of carboxylic acid groups (broad SMARTS) is 2. The molecule has 4 nitrogen and oxygen atoms in total. The minimum absolute atomic E-state index is 0.255. The van der Waals surface area contributed by atoms with Gasteiger partial charge in [-0.2, -0.15) is 0 Å². The highest BCUT2D eigenvalue weighted by Gasteiger charge is 2.20. The lowest BCUT2D eigenvalue weighted by Gasteiger charge is -2.09. The zero-order chi connectivity index (χ0) is 23.7. The number of rotatable bonds is 26. The van der Waals surface area contributed by atoms with E-state index >= 15 is 0 Å². The highest BCUT2D eigenvalue weighted by atomic mass is 16.4. The van der Waals surface area contributed by atoms with E-state index in [2.05, 4.69) is 6.92 Å². The van der Waals surface area contributed by atoms with Gasteiger partial charge >= 0.3 is 11.9 Å². The molecule has 4 heteroatoms. The topological polar surface area (TPSA) is 74.6 Å². The maximum atomic E-state index is 11.0. The molecule has 190 valence electrons. The van der Waals surface area contributed by atoms with Crippen LogP contribution < -0.4 is 0 Å². The lowest BCUT2D eigenvalue weighted by Crippen LogP contribution is -2.17. The Morgan fingerprint density at radius 3 is 1.03 bits per heavy atom. The van der Waals surface area contributed by atoms with Gasteiger partial charge in [-0.3, -0.25) is 9.59 Å². The van der Waals surface area contributed by atoms with Crippen molar-refractivity contribution >= 4 is 11.9 Å². The number of unbranched alkanes of at least 4 members (excludes halogenated alkanes) is 21. The molecule has 32 heavy (non-hydrogen) atoms. The van der Waals surface area contributed by atoms with Crippen molar-refractivity contribution < 1.29 is 19.8 Å². The maximum absolute atomic E-state index is 11.0. The molecular weight excluding hydrogens is 400 g/mol. The lowest BCUT2D eigenvalue weighted by atomic mass is 9.97. The van der Waals surface area contributed by atoms with Gasteiger partial charge in [0.2, 0.25) is 0 Å². The Morgan fingerprint density at radius 1 is 0.500 bits per heavy atom. The molecule has 0 fully saturated rings. The summed E-state index contributed by atoms with van der Waals surface area (Å²) in [5.74, 6) is -2.72. The Kier molecular flexibility index (Phi) is 23.8.